The molecule has 0 spiro atoms. The van der Waals surface area contributed by atoms with Gasteiger partial charge >= 0.3 is 0 Å². The number of nitrogens with zero attached hydrogens (tertiary/aromatic N) is 2. The molecule has 3 rings (SSSR count). The highest BCUT2D eigenvalue weighted by atomic mass is 32.2. The highest BCUT2D eigenvalue weighted by molar-refractivity contribution is 7.90. The van der Waals surface area contributed by atoms with Crippen LogP contribution in [-0.2, 0) is 21.0 Å². The minimum Gasteiger partial charge on any atom is -0.373 e. The van der Waals surface area contributed by atoms with E-state index < -0.39 is 9.84 Å². The third-order valence-electron chi connectivity index (χ3n) is 5.24. The van der Waals surface area contributed by atoms with Gasteiger partial charge in [-0.25, -0.2) is 8.42 Å². The first-order valence-corrected chi connectivity index (χ1v) is 11.4. The molecule has 0 amide bonds. The minimum atomic E-state index is -3.14. The summed E-state index contributed by atoms with van der Waals surface area (Å²) in [4.78, 5) is 7.15. The van der Waals surface area contributed by atoms with Crippen LogP contribution >= 0.6 is 0 Å². The van der Waals surface area contributed by atoms with Crippen LogP contribution < -0.4 is 10.6 Å². The average Bonchev–Trinajstić information content (AvgIpc) is 3.12. The van der Waals surface area contributed by atoms with E-state index >= 15 is 0 Å². The van der Waals surface area contributed by atoms with Crippen molar-refractivity contribution in [2.75, 3.05) is 46.1 Å². The number of guanidine groups is 1. The molecule has 2 heterocycles. The summed E-state index contributed by atoms with van der Waals surface area (Å²) in [6, 6.07) is 7.65. The molecule has 2 aliphatic rings. The summed E-state index contributed by atoms with van der Waals surface area (Å²) in [5.41, 5.74) is 1.08. The second-order valence-corrected chi connectivity index (χ2v) is 9.31. The largest absolute Gasteiger partial charge is 0.373 e. The van der Waals surface area contributed by atoms with Gasteiger partial charge in [-0.2, -0.15) is 0 Å². The monoisotopic (exact) mass is 394 g/mol. The van der Waals surface area contributed by atoms with Crippen molar-refractivity contribution in [2.45, 2.75) is 36.3 Å². The maximum absolute atomic E-state index is 11.5. The van der Waals surface area contributed by atoms with Crippen LogP contribution in [0.3, 0.4) is 0 Å². The summed E-state index contributed by atoms with van der Waals surface area (Å²) in [5, 5.41) is 6.64. The van der Waals surface area contributed by atoms with Crippen LogP contribution in [0.5, 0.6) is 0 Å². The first kappa shape index (κ1) is 20.1. The summed E-state index contributed by atoms with van der Waals surface area (Å²) in [6.07, 6.45) is 4.75. The number of ether oxygens (including phenoxy) is 1. The number of hydrogen-bond acceptors (Lipinski definition) is 5. The fraction of sp³-hybridized carbons (Fsp3) is 0.632. The number of sulfone groups is 1. The summed E-state index contributed by atoms with van der Waals surface area (Å²) >= 11 is 0. The van der Waals surface area contributed by atoms with E-state index in [0.717, 1.165) is 44.2 Å². The fourth-order valence-corrected chi connectivity index (χ4v) is 4.30. The van der Waals surface area contributed by atoms with E-state index in [0.29, 0.717) is 10.9 Å². The van der Waals surface area contributed by atoms with Crippen molar-refractivity contribution >= 4 is 15.8 Å². The molecule has 2 saturated heterocycles. The maximum Gasteiger partial charge on any atom is 0.191 e. The molecule has 2 N–H and O–H groups in total. The van der Waals surface area contributed by atoms with E-state index in [1.165, 1.54) is 25.6 Å². The number of hydrogen-bond donors (Lipinski definition) is 2. The van der Waals surface area contributed by atoms with Crippen molar-refractivity contribution in [3.05, 3.63) is 29.8 Å². The molecule has 2 aliphatic heterocycles. The van der Waals surface area contributed by atoms with Gasteiger partial charge in [0.1, 0.15) is 0 Å². The first-order valence-electron chi connectivity index (χ1n) is 9.55. The number of nitrogens with one attached hydrogen (secondary N) is 2. The van der Waals surface area contributed by atoms with Crippen LogP contribution in [0.15, 0.2) is 34.2 Å². The molecule has 0 saturated carbocycles. The van der Waals surface area contributed by atoms with E-state index in [1.807, 2.05) is 12.1 Å². The molecule has 7 nitrogen and oxygen atoms in total. The van der Waals surface area contributed by atoms with Crippen molar-refractivity contribution in [1.29, 1.82) is 0 Å². The molecule has 1 aromatic rings. The van der Waals surface area contributed by atoms with E-state index in [4.69, 9.17) is 4.74 Å². The highest BCUT2D eigenvalue weighted by Crippen LogP contribution is 2.22. The first-order chi connectivity index (χ1) is 13.0. The Hall–Kier alpha value is -1.64. The van der Waals surface area contributed by atoms with Crippen LogP contribution in [-0.4, -0.2) is 77.5 Å². The predicted octanol–water partition coefficient (Wildman–Crippen LogP) is 0.661. The van der Waals surface area contributed by atoms with Gasteiger partial charge in [-0.15, -0.1) is 0 Å². The Labute approximate surface area is 162 Å². The summed E-state index contributed by atoms with van der Waals surface area (Å²) in [7, 11) is -1.38. The van der Waals surface area contributed by atoms with Gasteiger partial charge in [-0.1, -0.05) is 12.1 Å². The molecule has 0 bridgehead atoms. The molecule has 8 heteroatoms. The highest BCUT2D eigenvalue weighted by Gasteiger charge is 2.32. The third-order valence-corrected chi connectivity index (χ3v) is 6.37. The molecule has 1 aromatic carbocycles. The molecule has 0 aliphatic carbocycles. The van der Waals surface area contributed by atoms with Crippen LogP contribution in [0.1, 0.15) is 18.4 Å². The second kappa shape index (κ2) is 9.03. The topological polar surface area (TPSA) is 83.0 Å². The normalized spacial score (nSPS) is 23.9. The molecule has 2 unspecified atom stereocenters. The fourth-order valence-electron chi connectivity index (χ4n) is 3.67. The second-order valence-electron chi connectivity index (χ2n) is 7.29. The van der Waals surface area contributed by atoms with E-state index in [9.17, 15) is 8.42 Å². The van der Waals surface area contributed by atoms with Gasteiger partial charge in [0.25, 0.3) is 0 Å². The summed E-state index contributed by atoms with van der Waals surface area (Å²) < 4.78 is 29.0. The van der Waals surface area contributed by atoms with Gasteiger partial charge in [-0.3, -0.25) is 9.89 Å². The zero-order valence-corrected chi connectivity index (χ0v) is 17.0. The average molecular weight is 395 g/mol. The quantitative estimate of drug-likeness (QED) is 0.545. The van der Waals surface area contributed by atoms with Crippen molar-refractivity contribution in [2.24, 2.45) is 4.99 Å². The zero-order chi connectivity index (χ0) is 19.3. The molecule has 0 radical (unpaired) electrons. The van der Waals surface area contributed by atoms with Gasteiger partial charge in [0.15, 0.2) is 15.8 Å². The molecule has 0 aromatic heterocycles. The van der Waals surface area contributed by atoms with E-state index in [2.05, 4.69) is 20.5 Å². The predicted molar refractivity (Wildman–Crippen MR) is 107 cm³/mol. The van der Waals surface area contributed by atoms with Gasteiger partial charge in [-0.05, 0) is 43.5 Å². The molecular weight excluding hydrogens is 364 g/mol. The van der Waals surface area contributed by atoms with Gasteiger partial charge in [0.2, 0.25) is 0 Å². The van der Waals surface area contributed by atoms with Crippen molar-refractivity contribution in [3.63, 3.8) is 0 Å². The Morgan fingerprint density at radius 2 is 2.07 bits per heavy atom. The summed E-state index contributed by atoms with van der Waals surface area (Å²) in [5.74, 6) is 0.759. The lowest BCUT2D eigenvalue weighted by atomic mass is 10.1. The molecular formula is C19H30N4O3S. The number of fused-ring (bicyclic) bond motifs is 1. The number of benzene rings is 1. The number of rotatable bonds is 6. The number of aliphatic imine (C=N–C) groups is 1. The lowest BCUT2D eigenvalue weighted by molar-refractivity contribution is -0.0453. The van der Waals surface area contributed by atoms with E-state index in [1.54, 1.807) is 19.2 Å². The Morgan fingerprint density at radius 3 is 2.78 bits per heavy atom. The molecule has 2 fully saturated rings. The van der Waals surface area contributed by atoms with Crippen LogP contribution in [0.4, 0.5) is 0 Å². The zero-order valence-electron chi connectivity index (χ0n) is 16.1. The van der Waals surface area contributed by atoms with Gasteiger partial charge in [0.05, 0.1) is 17.6 Å². The van der Waals surface area contributed by atoms with Crippen molar-refractivity contribution in [3.8, 4) is 0 Å². The number of morpholine rings is 1. The van der Waals surface area contributed by atoms with Crippen LogP contribution in [0.25, 0.3) is 0 Å². The van der Waals surface area contributed by atoms with Crippen molar-refractivity contribution < 1.29 is 13.2 Å². The van der Waals surface area contributed by atoms with Gasteiger partial charge in [0, 0.05) is 39.0 Å². The Balaban J connectivity index is 1.39. The standard InChI is InChI=1S/C19H30N4O3S/c1-20-19(22-12-17-13-23-11-3-4-16(23)14-26-17)21-10-9-15-5-7-18(8-6-15)27(2,24)25/h5-8,16-17H,3-4,9-14H2,1-2H3,(H2,20,21,22). The molecule has 2 atom stereocenters. The minimum absolute atomic E-state index is 0.196. The third kappa shape index (κ3) is 5.67. The smallest absolute Gasteiger partial charge is 0.191 e. The SMILES string of the molecule is CN=C(NCCc1ccc(S(C)(=O)=O)cc1)NCC1CN2CCCC2CO1. The molecule has 150 valence electrons. The molecule has 27 heavy (non-hydrogen) atoms. The van der Waals surface area contributed by atoms with Gasteiger partial charge < -0.3 is 15.4 Å². The maximum atomic E-state index is 11.5. The Kier molecular flexibility index (Phi) is 6.73. The Morgan fingerprint density at radius 1 is 1.30 bits per heavy atom. The lowest BCUT2D eigenvalue weighted by Crippen LogP contribution is -2.51. The van der Waals surface area contributed by atoms with Crippen LogP contribution in [0, 0.1) is 0 Å². The van der Waals surface area contributed by atoms with Crippen molar-refractivity contribution in [1.82, 2.24) is 15.5 Å². The van der Waals surface area contributed by atoms with Crippen LogP contribution in [0.2, 0.25) is 0 Å². The summed E-state index contributed by atoms with van der Waals surface area (Å²) in [6.45, 7) is 4.47. The lowest BCUT2D eigenvalue weighted by Gasteiger charge is -2.35. The van der Waals surface area contributed by atoms with E-state index in [-0.39, 0.29) is 6.10 Å². The Bertz CT molecular complexity index is 749.